The second-order valence-electron chi connectivity index (χ2n) is 5.54. The molecule has 0 aromatic carbocycles. The SMILES string of the molecule is Cc1nc(N(C)Cc2cnn(C)c2)sc1CNC1CC1. The van der Waals surface area contributed by atoms with Gasteiger partial charge in [0.2, 0.25) is 0 Å². The van der Waals surface area contributed by atoms with Crippen LogP contribution in [0.1, 0.15) is 29.0 Å². The van der Waals surface area contributed by atoms with Gasteiger partial charge < -0.3 is 10.2 Å². The number of nitrogens with zero attached hydrogens (tertiary/aromatic N) is 4. The van der Waals surface area contributed by atoms with Gasteiger partial charge in [0.05, 0.1) is 11.9 Å². The van der Waals surface area contributed by atoms with E-state index in [-0.39, 0.29) is 0 Å². The second kappa shape index (κ2) is 5.54. The third kappa shape index (κ3) is 3.19. The van der Waals surface area contributed by atoms with Crippen LogP contribution in [0.3, 0.4) is 0 Å². The summed E-state index contributed by atoms with van der Waals surface area (Å²) in [6.45, 7) is 3.90. The maximum atomic E-state index is 4.69. The van der Waals surface area contributed by atoms with Crippen LogP contribution in [0.5, 0.6) is 0 Å². The minimum Gasteiger partial charge on any atom is -0.347 e. The molecule has 1 aliphatic rings. The first-order valence-electron chi connectivity index (χ1n) is 7.00. The van der Waals surface area contributed by atoms with E-state index in [9.17, 15) is 0 Å². The van der Waals surface area contributed by atoms with Crippen molar-refractivity contribution in [2.45, 2.75) is 38.9 Å². The molecule has 0 bridgehead atoms. The largest absolute Gasteiger partial charge is 0.347 e. The highest BCUT2D eigenvalue weighted by molar-refractivity contribution is 7.15. The summed E-state index contributed by atoms with van der Waals surface area (Å²) in [6.07, 6.45) is 6.61. The van der Waals surface area contributed by atoms with E-state index in [0.29, 0.717) is 0 Å². The molecule has 0 unspecified atom stereocenters. The van der Waals surface area contributed by atoms with E-state index in [0.717, 1.165) is 30.0 Å². The summed E-state index contributed by atoms with van der Waals surface area (Å²) in [5, 5.41) is 8.84. The monoisotopic (exact) mass is 291 g/mol. The normalized spacial score (nSPS) is 14.8. The Morgan fingerprint density at radius 3 is 2.95 bits per heavy atom. The summed E-state index contributed by atoms with van der Waals surface area (Å²) in [5.41, 5.74) is 2.36. The lowest BCUT2D eigenvalue weighted by Gasteiger charge is -2.14. The molecule has 1 N–H and O–H groups in total. The Morgan fingerprint density at radius 2 is 2.30 bits per heavy atom. The van der Waals surface area contributed by atoms with Crippen LogP contribution in [0.4, 0.5) is 5.13 Å². The molecule has 2 aromatic heterocycles. The number of nitrogens with one attached hydrogen (secondary N) is 1. The standard InChI is InChI=1S/C14H21N5S/c1-10-13(7-15-12-4-5-12)20-14(17-10)18(2)8-11-6-16-19(3)9-11/h6,9,12,15H,4-5,7-8H2,1-3H3. The molecule has 6 heteroatoms. The van der Waals surface area contributed by atoms with Crippen molar-refractivity contribution in [2.75, 3.05) is 11.9 Å². The molecule has 108 valence electrons. The quantitative estimate of drug-likeness (QED) is 0.885. The molecular weight excluding hydrogens is 270 g/mol. The summed E-state index contributed by atoms with van der Waals surface area (Å²) in [6, 6.07) is 0.744. The molecule has 0 spiro atoms. The Hall–Kier alpha value is -1.40. The van der Waals surface area contributed by atoms with Crippen molar-refractivity contribution < 1.29 is 0 Å². The molecule has 2 aromatic rings. The zero-order valence-corrected chi connectivity index (χ0v) is 13.1. The Morgan fingerprint density at radius 1 is 1.50 bits per heavy atom. The van der Waals surface area contributed by atoms with Crippen molar-refractivity contribution in [1.82, 2.24) is 20.1 Å². The summed E-state index contributed by atoms with van der Waals surface area (Å²) >= 11 is 1.79. The average Bonchev–Trinajstić information content (AvgIpc) is 3.04. The van der Waals surface area contributed by atoms with Gasteiger partial charge in [-0.1, -0.05) is 0 Å². The molecule has 20 heavy (non-hydrogen) atoms. The van der Waals surface area contributed by atoms with Crippen molar-refractivity contribution in [3.05, 3.63) is 28.5 Å². The number of aryl methyl sites for hydroxylation is 2. The van der Waals surface area contributed by atoms with Crippen LogP contribution in [0.15, 0.2) is 12.4 Å². The second-order valence-corrected chi connectivity index (χ2v) is 6.60. The zero-order valence-electron chi connectivity index (χ0n) is 12.3. The maximum Gasteiger partial charge on any atom is 0.185 e. The third-order valence-electron chi connectivity index (χ3n) is 3.51. The minimum absolute atomic E-state index is 0.744. The Kier molecular flexibility index (Phi) is 3.76. The lowest BCUT2D eigenvalue weighted by Crippen LogP contribution is -2.15. The first kappa shape index (κ1) is 13.6. The van der Waals surface area contributed by atoms with Gasteiger partial charge in [0.15, 0.2) is 5.13 Å². The Balaban J connectivity index is 1.64. The molecule has 1 fully saturated rings. The van der Waals surface area contributed by atoms with E-state index in [4.69, 9.17) is 0 Å². The minimum atomic E-state index is 0.744. The van der Waals surface area contributed by atoms with Gasteiger partial charge >= 0.3 is 0 Å². The molecular formula is C14H21N5S. The van der Waals surface area contributed by atoms with Crippen molar-refractivity contribution in [3.63, 3.8) is 0 Å². The molecule has 2 heterocycles. The van der Waals surface area contributed by atoms with Gasteiger partial charge in [-0.05, 0) is 19.8 Å². The van der Waals surface area contributed by atoms with Crippen LogP contribution in [-0.2, 0) is 20.1 Å². The number of aromatic nitrogens is 3. The molecule has 1 saturated carbocycles. The van der Waals surface area contributed by atoms with E-state index in [2.05, 4.69) is 34.3 Å². The molecule has 0 aliphatic heterocycles. The topological polar surface area (TPSA) is 46.0 Å². The van der Waals surface area contributed by atoms with Crippen molar-refractivity contribution in [1.29, 1.82) is 0 Å². The van der Waals surface area contributed by atoms with Gasteiger partial charge in [0.1, 0.15) is 0 Å². The van der Waals surface area contributed by atoms with Gasteiger partial charge in [-0.25, -0.2) is 4.98 Å². The molecule has 0 amide bonds. The summed E-state index contributed by atoms with van der Waals surface area (Å²) in [4.78, 5) is 8.23. The smallest absolute Gasteiger partial charge is 0.185 e. The fraction of sp³-hybridized carbons (Fsp3) is 0.571. The molecule has 1 aliphatic carbocycles. The van der Waals surface area contributed by atoms with E-state index in [1.807, 2.05) is 24.1 Å². The van der Waals surface area contributed by atoms with Gasteiger partial charge in [-0.15, -0.1) is 11.3 Å². The molecule has 0 radical (unpaired) electrons. The zero-order chi connectivity index (χ0) is 14.1. The van der Waals surface area contributed by atoms with Crippen molar-refractivity contribution in [3.8, 4) is 0 Å². The number of thiazole rings is 1. The van der Waals surface area contributed by atoms with Gasteiger partial charge in [0.25, 0.3) is 0 Å². The fourth-order valence-electron chi connectivity index (χ4n) is 2.16. The first-order valence-corrected chi connectivity index (χ1v) is 7.82. The Labute approximate surface area is 123 Å². The van der Waals surface area contributed by atoms with E-state index < -0.39 is 0 Å². The van der Waals surface area contributed by atoms with E-state index in [1.54, 1.807) is 11.3 Å². The van der Waals surface area contributed by atoms with Crippen molar-refractivity contribution in [2.24, 2.45) is 7.05 Å². The Bertz CT molecular complexity index is 584. The number of hydrogen-bond acceptors (Lipinski definition) is 5. The van der Waals surface area contributed by atoms with Crippen LogP contribution < -0.4 is 10.2 Å². The highest BCUT2D eigenvalue weighted by Crippen LogP contribution is 2.27. The van der Waals surface area contributed by atoms with Gasteiger partial charge in [-0.3, -0.25) is 4.68 Å². The summed E-state index contributed by atoms with van der Waals surface area (Å²) in [5.74, 6) is 0. The highest BCUT2D eigenvalue weighted by Gasteiger charge is 2.21. The van der Waals surface area contributed by atoms with Crippen LogP contribution in [0.2, 0.25) is 0 Å². The average molecular weight is 291 g/mol. The van der Waals surface area contributed by atoms with E-state index in [1.165, 1.54) is 23.3 Å². The first-order chi connectivity index (χ1) is 9.61. The number of anilines is 1. The lowest BCUT2D eigenvalue weighted by atomic mass is 10.3. The lowest BCUT2D eigenvalue weighted by molar-refractivity contribution is 0.691. The number of rotatable bonds is 6. The fourth-order valence-corrected chi connectivity index (χ4v) is 3.13. The maximum absolute atomic E-state index is 4.69. The van der Waals surface area contributed by atoms with Crippen molar-refractivity contribution >= 4 is 16.5 Å². The molecule has 0 saturated heterocycles. The van der Waals surface area contributed by atoms with Gasteiger partial charge in [-0.2, -0.15) is 5.10 Å². The van der Waals surface area contributed by atoms with Crippen LogP contribution in [-0.4, -0.2) is 27.9 Å². The molecule has 3 rings (SSSR count). The predicted octanol–water partition coefficient (Wildman–Crippen LogP) is 2.07. The summed E-state index contributed by atoms with van der Waals surface area (Å²) < 4.78 is 1.83. The van der Waals surface area contributed by atoms with E-state index >= 15 is 0 Å². The third-order valence-corrected chi connectivity index (χ3v) is 4.79. The van der Waals surface area contributed by atoms with Crippen LogP contribution in [0, 0.1) is 6.92 Å². The van der Waals surface area contributed by atoms with Gasteiger partial charge in [0, 0.05) is 49.9 Å². The predicted molar refractivity (Wildman–Crippen MR) is 82.0 cm³/mol. The molecule has 0 atom stereocenters. The summed E-state index contributed by atoms with van der Waals surface area (Å²) in [7, 11) is 4.03. The molecule has 5 nitrogen and oxygen atoms in total. The number of hydrogen-bond donors (Lipinski definition) is 1. The van der Waals surface area contributed by atoms with Crippen LogP contribution in [0.25, 0.3) is 0 Å². The van der Waals surface area contributed by atoms with Crippen LogP contribution >= 0.6 is 11.3 Å². The highest BCUT2D eigenvalue weighted by atomic mass is 32.1.